The van der Waals surface area contributed by atoms with Crippen LogP contribution in [0.25, 0.3) is 0 Å². The van der Waals surface area contributed by atoms with E-state index in [4.69, 9.17) is 4.74 Å². The molecule has 0 fully saturated rings. The van der Waals surface area contributed by atoms with E-state index in [1.165, 1.54) is 12.1 Å². The normalized spacial score (nSPS) is 10.1. The van der Waals surface area contributed by atoms with Gasteiger partial charge in [0.05, 0.1) is 11.5 Å². The van der Waals surface area contributed by atoms with E-state index < -0.39 is 4.92 Å². The maximum Gasteiger partial charge on any atom is 0.312 e. The van der Waals surface area contributed by atoms with Crippen molar-refractivity contribution in [1.29, 1.82) is 0 Å². The van der Waals surface area contributed by atoms with E-state index in [-0.39, 0.29) is 30.2 Å². The van der Waals surface area contributed by atoms with Crippen LogP contribution >= 0.6 is 15.9 Å². The largest absolute Gasteiger partial charge is 0.486 e. The molecule has 0 aliphatic carbocycles. The highest BCUT2D eigenvalue weighted by molar-refractivity contribution is 9.10. The van der Waals surface area contributed by atoms with Gasteiger partial charge in [-0.25, -0.2) is 0 Å². The Morgan fingerprint density at radius 1 is 1.19 bits per heavy atom. The fraction of sp³-hybridized carbons (Fsp3) is 0.133. The van der Waals surface area contributed by atoms with Gasteiger partial charge in [0, 0.05) is 22.5 Å². The van der Waals surface area contributed by atoms with E-state index >= 15 is 0 Å². The molecular weight excluding hydrogens is 338 g/mol. The van der Waals surface area contributed by atoms with Crippen molar-refractivity contribution in [2.75, 3.05) is 6.61 Å². The highest BCUT2D eigenvalue weighted by Crippen LogP contribution is 2.30. The van der Waals surface area contributed by atoms with Crippen LogP contribution in [0.4, 0.5) is 5.69 Å². The number of hydrogen-bond acceptors (Lipinski definition) is 4. The van der Waals surface area contributed by atoms with E-state index in [0.717, 1.165) is 0 Å². The predicted octanol–water partition coefficient (Wildman–Crippen LogP) is 4.01. The molecule has 21 heavy (non-hydrogen) atoms. The van der Waals surface area contributed by atoms with Crippen LogP contribution in [-0.2, 0) is 0 Å². The van der Waals surface area contributed by atoms with Crippen LogP contribution in [0.15, 0.2) is 53.0 Å². The smallest absolute Gasteiger partial charge is 0.312 e. The molecule has 5 nitrogen and oxygen atoms in total. The van der Waals surface area contributed by atoms with Gasteiger partial charge in [-0.3, -0.25) is 14.9 Å². The minimum atomic E-state index is -0.515. The summed E-state index contributed by atoms with van der Waals surface area (Å²) in [6.45, 7) is 0.0935. The molecule has 0 aliphatic rings. The van der Waals surface area contributed by atoms with Crippen LogP contribution < -0.4 is 4.74 Å². The Hall–Kier alpha value is -2.21. The van der Waals surface area contributed by atoms with E-state index in [9.17, 15) is 14.9 Å². The van der Waals surface area contributed by atoms with E-state index in [0.29, 0.717) is 10.0 Å². The summed E-state index contributed by atoms with van der Waals surface area (Å²) < 4.78 is 5.96. The van der Waals surface area contributed by atoms with Crippen LogP contribution in [-0.4, -0.2) is 17.3 Å². The second-order valence-corrected chi connectivity index (χ2v) is 5.17. The first-order chi connectivity index (χ1) is 10.1. The number of rotatable bonds is 6. The van der Waals surface area contributed by atoms with Gasteiger partial charge >= 0.3 is 5.69 Å². The molecular formula is C15H12BrNO4. The molecule has 2 aromatic rings. The molecule has 0 radical (unpaired) electrons. The van der Waals surface area contributed by atoms with Gasteiger partial charge in [0.1, 0.15) is 0 Å². The van der Waals surface area contributed by atoms with Crippen LogP contribution in [0.1, 0.15) is 16.8 Å². The zero-order valence-electron chi connectivity index (χ0n) is 11.0. The summed E-state index contributed by atoms with van der Waals surface area (Å²) in [4.78, 5) is 22.3. The summed E-state index contributed by atoms with van der Waals surface area (Å²) >= 11 is 3.17. The summed E-state index contributed by atoms with van der Waals surface area (Å²) in [5.74, 6) is 0.0967. The highest BCUT2D eigenvalue weighted by Gasteiger charge is 2.16. The third kappa shape index (κ3) is 4.13. The minimum absolute atomic E-state index is 0.0598. The molecule has 0 heterocycles. The van der Waals surface area contributed by atoms with Crippen molar-refractivity contribution in [3.63, 3.8) is 0 Å². The molecule has 6 heteroatoms. The first-order valence-corrected chi connectivity index (χ1v) is 7.02. The average molecular weight is 350 g/mol. The van der Waals surface area contributed by atoms with Crippen molar-refractivity contribution < 1.29 is 14.5 Å². The lowest BCUT2D eigenvalue weighted by Crippen LogP contribution is -2.07. The molecule has 2 rings (SSSR count). The molecule has 0 amide bonds. The number of nitro groups is 1. The molecule has 0 saturated heterocycles. The molecule has 0 N–H and O–H groups in total. The molecule has 0 unspecified atom stereocenters. The number of ether oxygens (including phenoxy) is 1. The Balaban J connectivity index is 1.98. The summed E-state index contributed by atoms with van der Waals surface area (Å²) in [6.07, 6.45) is 0.164. The van der Waals surface area contributed by atoms with Gasteiger partial charge in [0.15, 0.2) is 11.5 Å². The number of nitro benzene ring substituents is 1. The Labute approximate surface area is 129 Å². The summed E-state index contributed by atoms with van der Waals surface area (Å²) in [6, 6.07) is 13.4. The molecule has 108 valence electrons. The van der Waals surface area contributed by atoms with E-state index in [2.05, 4.69) is 15.9 Å². The van der Waals surface area contributed by atoms with Crippen molar-refractivity contribution >= 4 is 27.4 Å². The maximum atomic E-state index is 11.9. The van der Waals surface area contributed by atoms with E-state index in [1.807, 2.05) is 6.07 Å². The topological polar surface area (TPSA) is 69.4 Å². The molecule has 0 aromatic heterocycles. The zero-order valence-corrected chi connectivity index (χ0v) is 12.6. The predicted molar refractivity (Wildman–Crippen MR) is 81.7 cm³/mol. The lowest BCUT2D eigenvalue weighted by Gasteiger charge is -2.06. The SMILES string of the molecule is O=C(CCOc1ccc(Br)cc1[N+](=O)[O-])c1ccccc1. The summed E-state index contributed by atoms with van der Waals surface area (Å²) in [5, 5.41) is 10.9. The zero-order chi connectivity index (χ0) is 15.2. The number of hydrogen-bond donors (Lipinski definition) is 0. The van der Waals surface area contributed by atoms with Gasteiger partial charge in [-0.15, -0.1) is 0 Å². The Bertz CT molecular complexity index is 658. The van der Waals surface area contributed by atoms with Crippen molar-refractivity contribution in [2.45, 2.75) is 6.42 Å². The van der Waals surface area contributed by atoms with Gasteiger partial charge < -0.3 is 4.74 Å². The maximum absolute atomic E-state index is 11.9. The van der Waals surface area contributed by atoms with Gasteiger partial charge in [-0.1, -0.05) is 46.3 Å². The number of ketones is 1. The molecule has 0 saturated carbocycles. The highest BCUT2D eigenvalue weighted by atomic mass is 79.9. The number of halogens is 1. The van der Waals surface area contributed by atoms with Crippen molar-refractivity contribution in [3.8, 4) is 5.75 Å². The molecule has 0 bridgehead atoms. The Morgan fingerprint density at radius 2 is 1.90 bits per heavy atom. The van der Waals surface area contributed by atoms with Crippen LogP contribution in [0.3, 0.4) is 0 Å². The lowest BCUT2D eigenvalue weighted by molar-refractivity contribution is -0.385. The standard InChI is InChI=1S/C15H12BrNO4/c16-12-6-7-15(13(10-12)17(19)20)21-9-8-14(18)11-4-2-1-3-5-11/h1-7,10H,8-9H2. The molecule has 2 aromatic carbocycles. The number of nitrogens with zero attached hydrogens (tertiary/aromatic N) is 1. The lowest BCUT2D eigenvalue weighted by atomic mass is 10.1. The van der Waals surface area contributed by atoms with Crippen LogP contribution in [0, 0.1) is 10.1 Å². The fourth-order valence-corrected chi connectivity index (χ4v) is 2.13. The second-order valence-electron chi connectivity index (χ2n) is 4.26. The Morgan fingerprint density at radius 3 is 2.57 bits per heavy atom. The molecule has 0 atom stereocenters. The van der Waals surface area contributed by atoms with Gasteiger partial charge in [-0.05, 0) is 12.1 Å². The first kappa shape index (κ1) is 15.2. The van der Waals surface area contributed by atoms with Crippen molar-refractivity contribution in [3.05, 3.63) is 68.7 Å². The Kier molecular flexibility index (Phi) is 5.05. The van der Waals surface area contributed by atoms with Crippen molar-refractivity contribution in [2.24, 2.45) is 0 Å². The van der Waals surface area contributed by atoms with E-state index in [1.54, 1.807) is 30.3 Å². The summed E-state index contributed by atoms with van der Waals surface area (Å²) in [5.41, 5.74) is 0.475. The minimum Gasteiger partial charge on any atom is -0.486 e. The third-order valence-corrected chi connectivity index (χ3v) is 3.29. The second kappa shape index (κ2) is 6.99. The quantitative estimate of drug-likeness (QED) is 0.448. The van der Waals surface area contributed by atoms with Crippen LogP contribution in [0.2, 0.25) is 0 Å². The number of benzene rings is 2. The fourth-order valence-electron chi connectivity index (χ4n) is 1.78. The van der Waals surface area contributed by atoms with Gasteiger partial charge in [-0.2, -0.15) is 0 Å². The molecule has 0 spiro atoms. The number of carbonyl (C=O) groups excluding carboxylic acids is 1. The first-order valence-electron chi connectivity index (χ1n) is 6.23. The monoisotopic (exact) mass is 349 g/mol. The van der Waals surface area contributed by atoms with Crippen molar-refractivity contribution in [1.82, 2.24) is 0 Å². The summed E-state index contributed by atoms with van der Waals surface area (Å²) in [7, 11) is 0. The molecule has 0 aliphatic heterocycles. The van der Waals surface area contributed by atoms with Crippen LogP contribution in [0.5, 0.6) is 5.75 Å². The number of Topliss-reactive ketones (excluding diaryl/α,β-unsaturated/α-hetero) is 1. The third-order valence-electron chi connectivity index (χ3n) is 2.80. The number of carbonyl (C=O) groups is 1. The van der Waals surface area contributed by atoms with Gasteiger partial charge in [0.2, 0.25) is 0 Å². The average Bonchev–Trinajstić information content (AvgIpc) is 2.49. The van der Waals surface area contributed by atoms with Gasteiger partial charge in [0.25, 0.3) is 0 Å².